The summed E-state index contributed by atoms with van der Waals surface area (Å²) in [6, 6.07) is 6.20. The van der Waals surface area contributed by atoms with Crippen LogP contribution < -0.4 is 5.73 Å². The molecule has 0 saturated carbocycles. The molecule has 0 unspecified atom stereocenters. The third kappa shape index (κ3) is 5.31. The Morgan fingerprint density at radius 2 is 1.86 bits per heavy atom. The maximum atomic E-state index is 8.63. The van der Waals surface area contributed by atoms with Gasteiger partial charge in [0.25, 0.3) is 0 Å². The van der Waals surface area contributed by atoms with E-state index in [-0.39, 0.29) is 0 Å². The van der Waals surface area contributed by atoms with Crippen LogP contribution in [0, 0.1) is 31.1 Å². The quantitative estimate of drug-likeness (QED) is 0.414. The van der Waals surface area contributed by atoms with Crippen LogP contribution in [0.3, 0.4) is 0 Å². The summed E-state index contributed by atoms with van der Waals surface area (Å²) in [4.78, 5) is 4.26. The number of rotatable bonds is 5. The minimum atomic E-state index is 0.336. The Morgan fingerprint density at radius 3 is 2.46 bits per heavy atom. The molecule has 0 bridgehead atoms. The van der Waals surface area contributed by atoms with Crippen LogP contribution >= 0.6 is 0 Å². The molecular weight excluding hydrogens is 342 g/mol. The second-order valence-electron chi connectivity index (χ2n) is 6.81. The summed E-state index contributed by atoms with van der Waals surface area (Å²) in [5, 5.41) is 8.63. The van der Waals surface area contributed by atoms with Gasteiger partial charge in [-0.1, -0.05) is 55.2 Å². The first-order valence-electron chi connectivity index (χ1n) is 9.29. The van der Waals surface area contributed by atoms with Gasteiger partial charge < -0.3 is 5.73 Å². The molecule has 3 nitrogen and oxygen atoms in total. The van der Waals surface area contributed by atoms with Crippen LogP contribution in [-0.4, -0.2) is 10.7 Å². The molecule has 28 heavy (non-hydrogen) atoms. The number of nitrogens with two attached hydrogens (primary N) is 1. The van der Waals surface area contributed by atoms with E-state index in [1.807, 2.05) is 38.1 Å². The average molecular weight is 370 g/mol. The first kappa shape index (κ1) is 20.9. The third-order valence-corrected chi connectivity index (χ3v) is 4.24. The van der Waals surface area contributed by atoms with E-state index >= 15 is 0 Å². The number of anilines is 1. The molecular formula is C25H27N3. The van der Waals surface area contributed by atoms with Gasteiger partial charge in [0.2, 0.25) is 0 Å². The zero-order valence-corrected chi connectivity index (χ0v) is 17.1. The molecule has 0 atom stereocenters. The van der Waals surface area contributed by atoms with E-state index in [0.29, 0.717) is 22.5 Å². The lowest BCUT2D eigenvalue weighted by atomic mass is 9.98. The lowest BCUT2D eigenvalue weighted by Gasteiger charge is -2.10. The summed E-state index contributed by atoms with van der Waals surface area (Å²) < 4.78 is 0. The summed E-state index contributed by atoms with van der Waals surface area (Å²) >= 11 is 0. The van der Waals surface area contributed by atoms with Crippen LogP contribution in [0.1, 0.15) is 48.1 Å². The standard InChI is InChI=1S/C25H27N3/c1-6-8-21(14-17(3)7-2)24(26)23-16-28-15-22(25(23)27)10-9-20-12-18(4)11-19(5)13-20/h7-8,11-16,26H,2,6H2,1,3-5H3,(H2,27,28)/b17-14-,21-8+,26-24?. The molecule has 0 aliphatic carbocycles. The normalized spacial score (nSPS) is 11.6. The Kier molecular flexibility index (Phi) is 7.12. The Balaban J connectivity index is 2.45. The molecule has 2 rings (SSSR count). The first-order valence-corrected chi connectivity index (χ1v) is 9.29. The number of hydrogen-bond donors (Lipinski definition) is 2. The molecule has 3 N–H and O–H groups in total. The lowest BCUT2D eigenvalue weighted by Crippen LogP contribution is -2.08. The summed E-state index contributed by atoms with van der Waals surface area (Å²) in [6.45, 7) is 11.9. The minimum absolute atomic E-state index is 0.336. The van der Waals surface area contributed by atoms with Crippen molar-refractivity contribution < 1.29 is 0 Å². The largest absolute Gasteiger partial charge is 0.397 e. The Bertz CT molecular complexity index is 1010. The van der Waals surface area contributed by atoms with Gasteiger partial charge in [-0.2, -0.15) is 0 Å². The third-order valence-electron chi connectivity index (χ3n) is 4.24. The fraction of sp³-hybridized carbons (Fsp3) is 0.200. The predicted molar refractivity (Wildman–Crippen MR) is 120 cm³/mol. The zero-order chi connectivity index (χ0) is 20.7. The molecule has 0 fully saturated rings. The molecule has 1 aromatic heterocycles. The Morgan fingerprint density at radius 1 is 1.18 bits per heavy atom. The highest BCUT2D eigenvalue weighted by Crippen LogP contribution is 2.21. The molecule has 1 aromatic carbocycles. The van der Waals surface area contributed by atoms with Crippen molar-refractivity contribution in [2.24, 2.45) is 0 Å². The minimum Gasteiger partial charge on any atom is -0.397 e. The van der Waals surface area contributed by atoms with Gasteiger partial charge in [0.15, 0.2) is 0 Å². The predicted octanol–water partition coefficient (Wildman–Crippen LogP) is 5.52. The van der Waals surface area contributed by atoms with E-state index in [0.717, 1.165) is 23.1 Å². The number of allylic oxidation sites excluding steroid dienone is 5. The number of nitrogen functional groups attached to an aromatic ring is 1. The summed E-state index contributed by atoms with van der Waals surface area (Å²) in [7, 11) is 0. The second-order valence-corrected chi connectivity index (χ2v) is 6.81. The SMILES string of the molecule is C=C/C(C)=C\C(=C/CC)C(=N)c1cncc(C#Cc2cc(C)cc(C)c2)c1N. The van der Waals surface area contributed by atoms with E-state index in [1.165, 1.54) is 11.1 Å². The van der Waals surface area contributed by atoms with E-state index in [4.69, 9.17) is 11.1 Å². The summed E-state index contributed by atoms with van der Waals surface area (Å²) in [5.41, 5.74) is 13.4. The Hall–Kier alpha value is -3.38. The first-order chi connectivity index (χ1) is 13.3. The van der Waals surface area contributed by atoms with Crippen molar-refractivity contribution in [1.82, 2.24) is 4.98 Å². The van der Waals surface area contributed by atoms with E-state index in [1.54, 1.807) is 18.5 Å². The van der Waals surface area contributed by atoms with Gasteiger partial charge in [0.1, 0.15) is 0 Å². The summed E-state index contributed by atoms with van der Waals surface area (Å²) in [6.07, 6.45) is 9.80. The van der Waals surface area contributed by atoms with Crippen LogP contribution in [0.2, 0.25) is 0 Å². The van der Waals surface area contributed by atoms with E-state index in [2.05, 4.69) is 43.3 Å². The molecule has 0 amide bonds. The molecule has 1 heterocycles. The van der Waals surface area contributed by atoms with Crippen molar-refractivity contribution in [3.05, 3.63) is 94.4 Å². The second kappa shape index (κ2) is 9.53. The number of hydrogen-bond acceptors (Lipinski definition) is 3. The number of pyridine rings is 1. The number of aryl methyl sites for hydroxylation is 2. The van der Waals surface area contributed by atoms with Crippen LogP contribution in [0.5, 0.6) is 0 Å². The molecule has 0 saturated heterocycles. The fourth-order valence-corrected chi connectivity index (χ4v) is 2.87. The van der Waals surface area contributed by atoms with E-state index in [9.17, 15) is 0 Å². The lowest BCUT2D eigenvalue weighted by molar-refractivity contribution is 1.21. The number of aromatic nitrogens is 1. The fourth-order valence-electron chi connectivity index (χ4n) is 2.87. The van der Waals surface area contributed by atoms with Gasteiger partial charge in [-0.05, 0) is 56.0 Å². The molecule has 0 spiro atoms. The highest BCUT2D eigenvalue weighted by molar-refractivity contribution is 6.15. The van der Waals surface area contributed by atoms with Crippen LogP contribution in [-0.2, 0) is 0 Å². The van der Waals surface area contributed by atoms with Gasteiger partial charge in [-0.15, -0.1) is 0 Å². The van der Waals surface area contributed by atoms with Crippen molar-refractivity contribution in [3.63, 3.8) is 0 Å². The Labute approximate surface area is 168 Å². The molecule has 2 aromatic rings. The van der Waals surface area contributed by atoms with Gasteiger partial charge in [-0.25, -0.2) is 0 Å². The average Bonchev–Trinajstić information content (AvgIpc) is 2.65. The topological polar surface area (TPSA) is 62.8 Å². The molecule has 0 radical (unpaired) electrons. The summed E-state index contributed by atoms with van der Waals surface area (Å²) in [5.74, 6) is 6.28. The van der Waals surface area contributed by atoms with Crippen molar-refractivity contribution in [1.29, 1.82) is 5.41 Å². The molecule has 142 valence electrons. The van der Waals surface area contributed by atoms with Gasteiger partial charge in [0, 0.05) is 23.5 Å². The monoisotopic (exact) mass is 369 g/mol. The van der Waals surface area contributed by atoms with Gasteiger partial charge in [-0.3, -0.25) is 10.4 Å². The highest BCUT2D eigenvalue weighted by Gasteiger charge is 2.12. The maximum Gasteiger partial charge on any atom is 0.0718 e. The van der Waals surface area contributed by atoms with Gasteiger partial charge >= 0.3 is 0 Å². The van der Waals surface area contributed by atoms with Crippen LogP contribution in [0.4, 0.5) is 5.69 Å². The van der Waals surface area contributed by atoms with Crippen LogP contribution in [0.15, 0.2) is 66.5 Å². The van der Waals surface area contributed by atoms with Crippen molar-refractivity contribution >= 4 is 11.4 Å². The smallest absolute Gasteiger partial charge is 0.0718 e. The number of benzene rings is 1. The molecule has 0 aliphatic heterocycles. The van der Waals surface area contributed by atoms with Gasteiger partial charge in [0.05, 0.1) is 17.0 Å². The highest BCUT2D eigenvalue weighted by atomic mass is 14.7. The van der Waals surface area contributed by atoms with Crippen LogP contribution in [0.25, 0.3) is 0 Å². The number of nitrogens with zero attached hydrogens (tertiary/aromatic N) is 1. The molecule has 3 heteroatoms. The van der Waals surface area contributed by atoms with Crippen molar-refractivity contribution in [2.75, 3.05) is 5.73 Å². The van der Waals surface area contributed by atoms with Crippen molar-refractivity contribution in [3.8, 4) is 11.8 Å². The zero-order valence-electron chi connectivity index (χ0n) is 17.1. The molecule has 0 aliphatic rings. The van der Waals surface area contributed by atoms with Crippen molar-refractivity contribution in [2.45, 2.75) is 34.1 Å². The van der Waals surface area contributed by atoms with E-state index < -0.39 is 0 Å². The number of nitrogens with one attached hydrogen (secondary N) is 1. The maximum absolute atomic E-state index is 8.63.